The molecule has 2 aromatic heterocycles. The van der Waals surface area contributed by atoms with Crippen molar-refractivity contribution in [3.8, 4) is 10.6 Å². The van der Waals surface area contributed by atoms with Gasteiger partial charge in [-0.2, -0.15) is 0 Å². The number of rotatable bonds is 3. The van der Waals surface area contributed by atoms with E-state index in [4.69, 9.17) is 0 Å². The molecule has 2 N–H and O–H groups in total. The molecule has 0 radical (unpaired) electrons. The maximum absolute atomic E-state index is 4.30. The summed E-state index contributed by atoms with van der Waals surface area (Å²) in [5.74, 6) is 0. The highest BCUT2D eigenvalue weighted by atomic mass is 32.1. The average molecular weight is 193 g/mol. The molecule has 0 aliphatic carbocycles. The Morgan fingerprint density at radius 3 is 3.23 bits per heavy atom. The number of H-pyrrole nitrogens is 1. The zero-order chi connectivity index (χ0) is 9.10. The Labute approximate surface area is 80.8 Å². The molecule has 0 aromatic carbocycles. The quantitative estimate of drug-likeness (QED) is 0.781. The molecule has 2 aromatic rings. The summed E-state index contributed by atoms with van der Waals surface area (Å²) in [5, 5.41) is 4.20. The summed E-state index contributed by atoms with van der Waals surface area (Å²) in [6, 6.07) is 4.05. The predicted molar refractivity (Wildman–Crippen MR) is 54.7 cm³/mol. The smallest absolute Gasteiger partial charge is 0.107 e. The van der Waals surface area contributed by atoms with Crippen LogP contribution in [0.25, 0.3) is 10.6 Å². The van der Waals surface area contributed by atoms with Crippen LogP contribution in [0.1, 0.15) is 5.01 Å². The molecule has 68 valence electrons. The maximum Gasteiger partial charge on any atom is 0.107 e. The number of hydrogen-bond donors (Lipinski definition) is 2. The van der Waals surface area contributed by atoms with Crippen molar-refractivity contribution >= 4 is 11.3 Å². The van der Waals surface area contributed by atoms with Crippen LogP contribution in [-0.4, -0.2) is 17.0 Å². The molecular formula is C9H11N3S. The first-order valence-electron chi connectivity index (χ1n) is 4.13. The Hall–Kier alpha value is -1.13. The number of hydrogen-bond acceptors (Lipinski definition) is 3. The first-order valence-corrected chi connectivity index (χ1v) is 4.95. The van der Waals surface area contributed by atoms with E-state index in [9.17, 15) is 0 Å². The first kappa shape index (κ1) is 8.47. The van der Waals surface area contributed by atoms with Crippen molar-refractivity contribution in [3.05, 3.63) is 29.5 Å². The first-order chi connectivity index (χ1) is 6.40. The molecule has 0 unspecified atom stereocenters. The van der Waals surface area contributed by atoms with Gasteiger partial charge in [0.25, 0.3) is 0 Å². The van der Waals surface area contributed by atoms with Gasteiger partial charge in [-0.3, -0.25) is 0 Å². The third kappa shape index (κ3) is 1.79. The van der Waals surface area contributed by atoms with Crippen molar-refractivity contribution in [2.24, 2.45) is 0 Å². The van der Waals surface area contributed by atoms with Crippen LogP contribution in [0.3, 0.4) is 0 Å². The molecule has 2 rings (SSSR count). The molecule has 0 atom stereocenters. The number of aromatic amines is 1. The zero-order valence-electron chi connectivity index (χ0n) is 7.37. The van der Waals surface area contributed by atoms with Crippen LogP contribution in [0, 0.1) is 0 Å². The zero-order valence-corrected chi connectivity index (χ0v) is 8.19. The molecule has 13 heavy (non-hydrogen) atoms. The molecule has 4 heteroatoms. The van der Waals surface area contributed by atoms with Gasteiger partial charge in [0.15, 0.2) is 0 Å². The molecule has 0 bridgehead atoms. The Morgan fingerprint density at radius 2 is 2.54 bits per heavy atom. The summed E-state index contributed by atoms with van der Waals surface area (Å²) >= 11 is 1.71. The molecule has 0 aliphatic rings. The molecular weight excluding hydrogens is 182 g/mol. The van der Waals surface area contributed by atoms with Gasteiger partial charge in [0.05, 0.1) is 10.6 Å². The molecule has 0 spiro atoms. The van der Waals surface area contributed by atoms with Gasteiger partial charge in [-0.1, -0.05) is 0 Å². The molecule has 0 fully saturated rings. The third-order valence-electron chi connectivity index (χ3n) is 1.74. The van der Waals surface area contributed by atoms with Gasteiger partial charge in [0, 0.05) is 18.9 Å². The van der Waals surface area contributed by atoms with E-state index in [1.165, 1.54) is 4.88 Å². The summed E-state index contributed by atoms with van der Waals surface area (Å²) < 4.78 is 0. The summed E-state index contributed by atoms with van der Waals surface area (Å²) in [6.07, 6.45) is 3.83. The number of aromatic nitrogens is 2. The van der Waals surface area contributed by atoms with E-state index in [2.05, 4.69) is 21.4 Å². The Kier molecular flexibility index (Phi) is 2.42. The van der Waals surface area contributed by atoms with Gasteiger partial charge < -0.3 is 10.3 Å². The van der Waals surface area contributed by atoms with Crippen molar-refractivity contribution in [1.82, 2.24) is 15.3 Å². The van der Waals surface area contributed by atoms with Crippen LogP contribution >= 0.6 is 11.3 Å². The van der Waals surface area contributed by atoms with Crippen LogP contribution in [-0.2, 0) is 6.54 Å². The van der Waals surface area contributed by atoms with Crippen LogP contribution in [0.4, 0.5) is 0 Å². The summed E-state index contributed by atoms with van der Waals surface area (Å²) in [6.45, 7) is 0.839. The molecule has 0 aliphatic heterocycles. The highest BCUT2D eigenvalue weighted by Gasteiger charge is 2.03. The second-order valence-corrected chi connectivity index (χ2v) is 3.85. The van der Waals surface area contributed by atoms with Crippen LogP contribution in [0.5, 0.6) is 0 Å². The molecule has 3 nitrogen and oxygen atoms in total. The minimum atomic E-state index is 0.839. The van der Waals surface area contributed by atoms with Crippen molar-refractivity contribution in [2.45, 2.75) is 6.54 Å². The van der Waals surface area contributed by atoms with Crippen LogP contribution < -0.4 is 5.32 Å². The minimum absolute atomic E-state index is 0.839. The lowest BCUT2D eigenvalue weighted by Gasteiger charge is -1.90. The highest BCUT2D eigenvalue weighted by molar-refractivity contribution is 7.15. The van der Waals surface area contributed by atoms with E-state index in [1.807, 2.05) is 25.5 Å². The van der Waals surface area contributed by atoms with Crippen LogP contribution in [0.2, 0.25) is 0 Å². The molecule has 0 saturated heterocycles. The van der Waals surface area contributed by atoms with E-state index in [-0.39, 0.29) is 0 Å². The molecule has 0 amide bonds. The Morgan fingerprint density at radius 1 is 1.62 bits per heavy atom. The van der Waals surface area contributed by atoms with Crippen molar-refractivity contribution in [2.75, 3.05) is 7.05 Å². The Bertz CT molecular complexity index is 364. The summed E-state index contributed by atoms with van der Waals surface area (Å²) in [7, 11) is 1.93. The summed E-state index contributed by atoms with van der Waals surface area (Å²) in [4.78, 5) is 8.65. The largest absolute Gasteiger partial charge is 0.360 e. The standard InChI is InChI=1S/C9H11N3S/c1-10-6-9-12-5-8(13-9)7-3-2-4-11-7/h2-5,10-11H,6H2,1H3. The molecule has 0 saturated carbocycles. The molecule has 2 heterocycles. The normalized spacial score (nSPS) is 10.5. The third-order valence-corrected chi connectivity index (χ3v) is 2.78. The monoisotopic (exact) mass is 193 g/mol. The number of thiazole rings is 1. The predicted octanol–water partition coefficient (Wildman–Crippen LogP) is 1.86. The fourth-order valence-electron chi connectivity index (χ4n) is 1.15. The van der Waals surface area contributed by atoms with E-state index >= 15 is 0 Å². The lowest BCUT2D eigenvalue weighted by atomic mass is 10.4. The van der Waals surface area contributed by atoms with Crippen LogP contribution in [0.15, 0.2) is 24.5 Å². The fourth-order valence-corrected chi connectivity index (χ4v) is 2.07. The number of nitrogens with zero attached hydrogens (tertiary/aromatic N) is 1. The lowest BCUT2D eigenvalue weighted by Crippen LogP contribution is -2.03. The van der Waals surface area contributed by atoms with Gasteiger partial charge in [-0.25, -0.2) is 4.98 Å². The SMILES string of the molecule is CNCc1ncc(-c2ccc[nH]2)s1. The Balaban J connectivity index is 2.23. The van der Waals surface area contributed by atoms with Gasteiger partial charge >= 0.3 is 0 Å². The summed E-state index contributed by atoms with van der Waals surface area (Å²) in [5.41, 5.74) is 1.14. The van der Waals surface area contributed by atoms with E-state index in [0.29, 0.717) is 0 Å². The number of nitrogens with one attached hydrogen (secondary N) is 2. The van der Waals surface area contributed by atoms with Gasteiger partial charge in [-0.15, -0.1) is 11.3 Å². The topological polar surface area (TPSA) is 40.7 Å². The van der Waals surface area contributed by atoms with E-state index < -0.39 is 0 Å². The van der Waals surface area contributed by atoms with Gasteiger partial charge in [0.2, 0.25) is 0 Å². The highest BCUT2D eigenvalue weighted by Crippen LogP contribution is 2.23. The average Bonchev–Trinajstić information content (AvgIpc) is 2.70. The minimum Gasteiger partial charge on any atom is -0.360 e. The van der Waals surface area contributed by atoms with E-state index in [1.54, 1.807) is 11.3 Å². The van der Waals surface area contributed by atoms with E-state index in [0.717, 1.165) is 17.2 Å². The maximum atomic E-state index is 4.30. The second kappa shape index (κ2) is 3.72. The van der Waals surface area contributed by atoms with Gasteiger partial charge in [-0.05, 0) is 19.2 Å². The lowest BCUT2D eigenvalue weighted by molar-refractivity contribution is 0.810. The van der Waals surface area contributed by atoms with Crippen molar-refractivity contribution < 1.29 is 0 Å². The van der Waals surface area contributed by atoms with Crippen molar-refractivity contribution in [1.29, 1.82) is 0 Å². The van der Waals surface area contributed by atoms with Gasteiger partial charge in [0.1, 0.15) is 5.01 Å². The fraction of sp³-hybridized carbons (Fsp3) is 0.222. The second-order valence-electron chi connectivity index (χ2n) is 2.73. The van der Waals surface area contributed by atoms with Crippen molar-refractivity contribution in [3.63, 3.8) is 0 Å².